The Kier molecular flexibility index (Phi) is 5.74. The van der Waals surface area contributed by atoms with E-state index in [2.05, 4.69) is 26.9 Å². The Morgan fingerprint density at radius 1 is 1.17 bits per heavy atom. The van der Waals surface area contributed by atoms with E-state index in [4.69, 9.17) is 0 Å². The van der Waals surface area contributed by atoms with E-state index < -0.39 is 0 Å². The van der Waals surface area contributed by atoms with Crippen molar-refractivity contribution in [2.45, 2.75) is 65.1 Å². The average molecular weight is 393 g/mol. The molecule has 1 N–H and O–H groups in total. The van der Waals surface area contributed by atoms with Crippen LogP contribution in [0.25, 0.3) is 10.8 Å². The zero-order valence-corrected chi connectivity index (χ0v) is 16.9. The summed E-state index contributed by atoms with van der Waals surface area (Å²) in [5, 5.41) is 8.47. The van der Waals surface area contributed by atoms with Gasteiger partial charge in [0.25, 0.3) is 11.5 Å². The third kappa shape index (κ3) is 4.09. The predicted octanol–water partition coefficient (Wildman–Crippen LogP) is 3.05. The number of nitrogens with one attached hydrogen (secondary N) is 1. The highest BCUT2D eigenvalue weighted by atomic mass is 16.2. The lowest BCUT2D eigenvalue weighted by Gasteiger charge is -2.11. The molecule has 0 aliphatic carbocycles. The molecule has 0 spiro atoms. The molecule has 0 bridgehead atoms. The number of carbonyl (C=O) groups is 1. The van der Waals surface area contributed by atoms with E-state index in [0.29, 0.717) is 29.6 Å². The van der Waals surface area contributed by atoms with E-state index in [0.717, 1.165) is 50.2 Å². The van der Waals surface area contributed by atoms with E-state index in [9.17, 15) is 9.59 Å². The summed E-state index contributed by atoms with van der Waals surface area (Å²) < 4.78 is 3.61. The Labute approximate surface area is 169 Å². The molecule has 3 aromatic rings. The van der Waals surface area contributed by atoms with Crippen molar-refractivity contribution in [3.05, 3.63) is 58.0 Å². The van der Waals surface area contributed by atoms with Crippen molar-refractivity contribution in [3.63, 3.8) is 0 Å². The molecule has 3 heterocycles. The third-order valence-electron chi connectivity index (χ3n) is 5.44. The first kappa shape index (κ1) is 19.4. The van der Waals surface area contributed by atoms with Crippen molar-refractivity contribution >= 4 is 16.7 Å². The normalized spacial score (nSPS) is 13.4. The fraction of sp³-hybridized carbons (Fsp3) is 0.455. The lowest BCUT2D eigenvalue weighted by molar-refractivity contribution is 0.0945. The molecule has 152 valence electrons. The molecule has 7 heteroatoms. The number of rotatable bonds is 7. The molecular weight excluding hydrogens is 366 g/mol. The summed E-state index contributed by atoms with van der Waals surface area (Å²) in [7, 11) is 0. The minimum atomic E-state index is -0.281. The molecule has 2 aromatic heterocycles. The molecule has 0 radical (unpaired) electrons. The molecule has 0 saturated carbocycles. The molecule has 0 saturated heterocycles. The molecule has 4 rings (SSSR count). The van der Waals surface area contributed by atoms with Gasteiger partial charge in [-0.1, -0.05) is 38.0 Å². The second-order valence-electron chi connectivity index (χ2n) is 7.61. The van der Waals surface area contributed by atoms with Gasteiger partial charge in [0.15, 0.2) is 5.69 Å². The van der Waals surface area contributed by atoms with Crippen molar-refractivity contribution in [2.24, 2.45) is 0 Å². The predicted molar refractivity (Wildman–Crippen MR) is 112 cm³/mol. The van der Waals surface area contributed by atoms with Crippen LogP contribution in [0.3, 0.4) is 0 Å². The zero-order valence-electron chi connectivity index (χ0n) is 16.9. The Morgan fingerprint density at radius 2 is 2.00 bits per heavy atom. The number of aryl methyl sites for hydroxylation is 3. The average Bonchev–Trinajstić information content (AvgIpc) is 3.17. The van der Waals surface area contributed by atoms with Gasteiger partial charge >= 0.3 is 0 Å². The highest BCUT2D eigenvalue weighted by Gasteiger charge is 2.18. The maximum Gasteiger partial charge on any atom is 0.274 e. The summed E-state index contributed by atoms with van der Waals surface area (Å²) in [5.41, 5.74) is 1.01. The molecule has 1 amide bonds. The van der Waals surface area contributed by atoms with Gasteiger partial charge in [-0.05, 0) is 25.3 Å². The van der Waals surface area contributed by atoms with Crippen molar-refractivity contribution in [1.82, 2.24) is 24.6 Å². The fourth-order valence-corrected chi connectivity index (χ4v) is 3.88. The Bertz CT molecular complexity index is 1060. The van der Waals surface area contributed by atoms with Crippen LogP contribution in [-0.4, -0.2) is 25.2 Å². The smallest absolute Gasteiger partial charge is 0.274 e. The number of amides is 1. The van der Waals surface area contributed by atoms with E-state index in [1.54, 1.807) is 12.1 Å². The standard InChI is InChI=1S/C22H27N5O2/c1-2-3-7-13-27-22(29)18-10-5-4-9-17(18)20(25-27)21(28)23-14-16-15-26-12-8-6-11-19(26)24-16/h4-5,9-10,15H,2-3,6-8,11-14H2,1H3,(H,23,28). The minimum Gasteiger partial charge on any atom is -0.345 e. The quantitative estimate of drug-likeness (QED) is 0.626. The number of hydrogen-bond donors (Lipinski definition) is 1. The van der Waals surface area contributed by atoms with Crippen molar-refractivity contribution in [2.75, 3.05) is 0 Å². The van der Waals surface area contributed by atoms with Crippen LogP contribution in [0.4, 0.5) is 0 Å². The number of aromatic nitrogens is 4. The second-order valence-corrected chi connectivity index (χ2v) is 7.61. The summed E-state index contributed by atoms with van der Waals surface area (Å²) in [6.45, 7) is 3.98. The van der Waals surface area contributed by atoms with Crippen LogP contribution in [0, 0.1) is 0 Å². The van der Waals surface area contributed by atoms with Gasteiger partial charge in [-0.2, -0.15) is 5.10 Å². The van der Waals surface area contributed by atoms with Crippen LogP contribution in [0.2, 0.25) is 0 Å². The van der Waals surface area contributed by atoms with Gasteiger partial charge in [-0.25, -0.2) is 9.67 Å². The van der Waals surface area contributed by atoms with Crippen LogP contribution < -0.4 is 10.9 Å². The molecule has 1 aliphatic heterocycles. The highest BCUT2D eigenvalue weighted by molar-refractivity contribution is 6.04. The van der Waals surface area contributed by atoms with Crippen molar-refractivity contribution in [1.29, 1.82) is 0 Å². The van der Waals surface area contributed by atoms with Gasteiger partial charge < -0.3 is 9.88 Å². The van der Waals surface area contributed by atoms with Crippen LogP contribution in [0.1, 0.15) is 61.0 Å². The lowest BCUT2D eigenvalue weighted by Crippen LogP contribution is -2.30. The monoisotopic (exact) mass is 393 g/mol. The molecule has 1 aliphatic rings. The van der Waals surface area contributed by atoms with Crippen molar-refractivity contribution < 1.29 is 4.79 Å². The van der Waals surface area contributed by atoms with E-state index in [1.807, 2.05) is 18.3 Å². The highest BCUT2D eigenvalue weighted by Crippen LogP contribution is 2.16. The van der Waals surface area contributed by atoms with Crippen LogP contribution in [0.15, 0.2) is 35.3 Å². The first-order valence-electron chi connectivity index (χ1n) is 10.5. The maximum absolute atomic E-state index is 12.9. The van der Waals surface area contributed by atoms with Gasteiger partial charge in [-0.15, -0.1) is 0 Å². The lowest BCUT2D eigenvalue weighted by atomic mass is 10.1. The number of fused-ring (bicyclic) bond motifs is 2. The number of carbonyl (C=O) groups excluding carboxylic acids is 1. The summed E-state index contributed by atoms with van der Waals surface area (Å²) in [5.74, 6) is 0.810. The van der Waals surface area contributed by atoms with Gasteiger partial charge in [-0.3, -0.25) is 9.59 Å². The van der Waals surface area contributed by atoms with Gasteiger partial charge in [0.2, 0.25) is 0 Å². The van der Waals surface area contributed by atoms with E-state index in [1.165, 1.54) is 11.1 Å². The number of unbranched alkanes of at least 4 members (excludes halogenated alkanes) is 2. The number of hydrogen-bond acceptors (Lipinski definition) is 4. The number of nitrogens with zero attached hydrogens (tertiary/aromatic N) is 4. The van der Waals surface area contributed by atoms with Crippen LogP contribution >= 0.6 is 0 Å². The van der Waals surface area contributed by atoms with Gasteiger partial charge in [0, 0.05) is 31.1 Å². The summed E-state index contributed by atoms with van der Waals surface area (Å²) in [6, 6.07) is 7.18. The minimum absolute atomic E-state index is 0.143. The molecule has 1 aromatic carbocycles. The first-order valence-corrected chi connectivity index (χ1v) is 10.5. The summed E-state index contributed by atoms with van der Waals surface area (Å²) in [6.07, 6.45) is 8.29. The Balaban J connectivity index is 1.58. The third-order valence-corrected chi connectivity index (χ3v) is 5.44. The summed E-state index contributed by atoms with van der Waals surface area (Å²) in [4.78, 5) is 30.3. The molecule has 0 atom stereocenters. The summed E-state index contributed by atoms with van der Waals surface area (Å²) >= 11 is 0. The fourth-order valence-electron chi connectivity index (χ4n) is 3.88. The maximum atomic E-state index is 12.9. The van der Waals surface area contributed by atoms with Crippen LogP contribution in [0.5, 0.6) is 0 Å². The zero-order chi connectivity index (χ0) is 20.2. The van der Waals surface area contributed by atoms with Crippen molar-refractivity contribution in [3.8, 4) is 0 Å². The van der Waals surface area contributed by atoms with Gasteiger partial charge in [0.1, 0.15) is 5.82 Å². The Hall–Kier alpha value is -2.96. The van der Waals surface area contributed by atoms with E-state index >= 15 is 0 Å². The largest absolute Gasteiger partial charge is 0.345 e. The Morgan fingerprint density at radius 3 is 2.79 bits per heavy atom. The number of imidazole rings is 1. The SMILES string of the molecule is CCCCCn1nc(C(=O)NCc2cn3c(n2)CCCC3)c2ccccc2c1=O. The van der Waals surface area contributed by atoms with E-state index in [-0.39, 0.29) is 11.5 Å². The molecule has 0 fully saturated rings. The van der Waals surface area contributed by atoms with Gasteiger partial charge in [0.05, 0.1) is 17.6 Å². The molecular formula is C22H27N5O2. The topological polar surface area (TPSA) is 81.8 Å². The molecule has 7 nitrogen and oxygen atoms in total. The molecule has 29 heavy (non-hydrogen) atoms. The molecule has 0 unspecified atom stereocenters. The second kappa shape index (κ2) is 8.59. The first-order chi connectivity index (χ1) is 14.2. The number of benzene rings is 1. The van der Waals surface area contributed by atoms with Crippen LogP contribution in [-0.2, 0) is 26.1 Å².